The number of nitrogens with zero attached hydrogens (tertiary/aromatic N) is 2. The van der Waals surface area contributed by atoms with Crippen LogP contribution in [-0.4, -0.2) is 17.1 Å². The Morgan fingerprint density at radius 1 is 1.36 bits per heavy atom. The molecule has 2 rings (SSSR count). The van der Waals surface area contributed by atoms with Gasteiger partial charge in [0, 0.05) is 5.69 Å². The molecule has 0 aliphatic carbocycles. The van der Waals surface area contributed by atoms with E-state index in [1.165, 1.54) is 0 Å². The van der Waals surface area contributed by atoms with Gasteiger partial charge < -0.3 is 9.15 Å². The summed E-state index contributed by atoms with van der Waals surface area (Å²) in [6.45, 7) is 1.89. The molecule has 0 N–H and O–H groups in total. The maximum absolute atomic E-state index is 5.23. The summed E-state index contributed by atoms with van der Waals surface area (Å²) >= 11 is 0. The van der Waals surface area contributed by atoms with Gasteiger partial charge in [-0.05, 0) is 25.1 Å². The van der Waals surface area contributed by atoms with E-state index in [4.69, 9.17) is 9.15 Å². The Labute approximate surface area is 81.6 Å². The topological polar surface area (TPSA) is 48.2 Å². The number of ether oxygens (including phenoxy) is 1. The maximum Gasteiger partial charge on any atom is 0.316 e. The highest BCUT2D eigenvalue weighted by atomic mass is 16.5. The number of aryl methyl sites for hydroxylation is 1. The summed E-state index contributed by atoms with van der Waals surface area (Å²) in [6.07, 6.45) is 1.61. The lowest BCUT2D eigenvalue weighted by Crippen LogP contribution is -1.95. The van der Waals surface area contributed by atoms with Gasteiger partial charge in [-0.3, -0.25) is 0 Å². The molecular weight excluding hydrogens is 180 g/mol. The van der Waals surface area contributed by atoms with E-state index in [0.717, 1.165) is 11.4 Å². The monoisotopic (exact) mass is 190 g/mol. The van der Waals surface area contributed by atoms with Crippen LogP contribution in [0.15, 0.2) is 28.9 Å². The van der Waals surface area contributed by atoms with Crippen molar-refractivity contribution >= 4 is 0 Å². The summed E-state index contributed by atoms with van der Waals surface area (Å²) < 4.78 is 10.2. The highest BCUT2D eigenvalue weighted by Gasteiger charge is 2.06. The van der Waals surface area contributed by atoms with Gasteiger partial charge in [0.15, 0.2) is 5.76 Å². The molecule has 0 aliphatic heterocycles. The van der Waals surface area contributed by atoms with Crippen LogP contribution < -0.4 is 4.74 Å². The van der Waals surface area contributed by atoms with Crippen molar-refractivity contribution in [2.75, 3.05) is 7.11 Å². The van der Waals surface area contributed by atoms with Gasteiger partial charge in [0.25, 0.3) is 0 Å². The van der Waals surface area contributed by atoms with Crippen LogP contribution >= 0.6 is 0 Å². The zero-order chi connectivity index (χ0) is 9.97. The van der Waals surface area contributed by atoms with Crippen molar-refractivity contribution in [2.24, 2.45) is 0 Å². The minimum atomic E-state index is 0.358. The number of hydrogen-bond donors (Lipinski definition) is 0. The van der Waals surface area contributed by atoms with Crippen LogP contribution in [0.2, 0.25) is 0 Å². The smallest absolute Gasteiger partial charge is 0.316 e. The second-order valence-electron chi connectivity index (χ2n) is 2.86. The van der Waals surface area contributed by atoms with E-state index in [1.54, 1.807) is 13.4 Å². The highest BCUT2D eigenvalue weighted by molar-refractivity contribution is 5.52. The van der Waals surface area contributed by atoms with Crippen LogP contribution in [0.25, 0.3) is 11.5 Å². The number of furan rings is 1. The predicted molar refractivity (Wildman–Crippen MR) is 51.0 cm³/mol. The van der Waals surface area contributed by atoms with E-state index >= 15 is 0 Å². The molecule has 0 aromatic carbocycles. The molecule has 2 aromatic heterocycles. The fraction of sp³-hybridized carbons (Fsp3) is 0.200. The Morgan fingerprint density at radius 3 is 2.86 bits per heavy atom. The van der Waals surface area contributed by atoms with E-state index in [2.05, 4.69) is 9.97 Å². The Morgan fingerprint density at radius 2 is 2.21 bits per heavy atom. The molecule has 72 valence electrons. The largest absolute Gasteiger partial charge is 0.467 e. The third-order valence-electron chi connectivity index (χ3n) is 1.79. The van der Waals surface area contributed by atoms with E-state index in [-0.39, 0.29) is 0 Å². The zero-order valence-electron chi connectivity index (χ0n) is 8.02. The van der Waals surface area contributed by atoms with Crippen LogP contribution in [0, 0.1) is 6.92 Å². The summed E-state index contributed by atoms with van der Waals surface area (Å²) in [7, 11) is 1.54. The lowest BCUT2D eigenvalue weighted by Gasteiger charge is -2.01. The quantitative estimate of drug-likeness (QED) is 0.727. The Kier molecular flexibility index (Phi) is 2.18. The Hall–Kier alpha value is -1.84. The van der Waals surface area contributed by atoms with Gasteiger partial charge in [-0.15, -0.1) is 0 Å². The second-order valence-corrected chi connectivity index (χ2v) is 2.86. The minimum Gasteiger partial charge on any atom is -0.467 e. The molecule has 0 aliphatic rings. The normalized spacial score (nSPS) is 10.1. The average molecular weight is 190 g/mol. The minimum absolute atomic E-state index is 0.358. The van der Waals surface area contributed by atoms with Crippen molar-refractivity contribution in [2.45, 2.75) is 6.92 Å². The first kappa shape index (κ1) is 8.74. The molecule has 4 nitrogen and oxygen atoms in total. The third kappa shape index (κ3) is 1.59. The predicted octanol–water partition coefficient (Wildman–Crippen LogP) is 2.05. The lowest BCUT2D eigenvalue weighted by molar-refractivity contribution is 0.378. The fourth-order valence-corrected chi connectivity index (χ4v) is 1.18. The van der Waals surface area contributed by atoms with E-state index in [9.17, 15) is 0 Å². The van der Waals surface area contributed by atoms with Gasteiger partial charge in [-0.2, -0.15) is 4.98 Å². The van der Waals surface area contributed by atoms with Crippen molar-refractivity contribution in [3.8, 4) is 17.5 Å². The van der Waals surface area contributed by atoms with Gasteiger partial charge in [0.2, 0.25) is 0 Å². The van der Waals surface area contributed by atoms with Crippen LogP contribution in [0.1, 0.15) is 5.69 Å². The molecule has 0 saturated heterocycles. The first-order valence-electron chi connectivity index (χ1n) is 4.23. The van der Waals surface area contributed by atoms with Crippen LogP contribution in [-0.2, 0) is 0 Å². The maximum atomic E-state index is 5.23. The molecule has 0 unspecified atom stereocenters. The van der Waals surface area contributed by atoms with Gasteiger partial charge in [-0.25, -0.2) is 4.98 Å². The molecule has 0 fully saturated rings. The number of hydrogen-bond acceptors (Lipinski definition) is 4. The second kappa shape index (κ2) is 3.49. The van der Waals surface area contributed by atoms with Crippen molar-refractivity contribution in [3.63, 3.8) is 0 Å². The molecular formula is C10H10N2O2. The number of rotatable bonds is 2. The molecule has 2 aromatic rings. The van der Waals surface area contributed by atoms with Gasteiger partial charge in [0.05, 0.1) is 13.4 Å². The van der Waals surface area contributed by atoms with Crippen molar-refractivity contribution in [1.29, 1.82) is 0 Å². The zero-order valence-corrected chi connectivity index (χ0v) is 8.02. The van der Waals surface area contributed by atoms with Gasteiger partial charge in [0.1, 0.15) is 5.69 Å². The third-order valence-corrected chi connectivity index (χ3v) is 1.79. The molecule has 0 spiro atoms. The summed E-state index contributed by atoms with van der Waals surface area (Å²) in [5.74, 6) is 0.716. The van der Waals surface area contributed by atoms with Crippen molar-refractivity contribution in [1.82, 2.24) is 9.97 Å². The van der Waals surface area contributed by atoms with Gasteiger partial charge in [-0.1, -0.05) is 0 Å². The van der Waals surface area contributed by atoms with E-state index in [0.29, 0.717) is 11.8 Å². The van der Waals surface area contributed by atoms with Crippen LogP contribution in [0.5, 0.6) is 6.01 Å². The molecule has 0 bridgehead atoms. The fourth-order valence-electron chi connectivity index (χ4n) is 1.18. The number of methoxy groups -OCH3 is 1. The van der Waals surface area contributed by atoms with E-state index in [1.807, 2.05) is 25.1 Å². The molecule has 0 atom stereocenters. The highest BCUT2D eigenvalue weighted by Crippen LogP contribution is 2.19. The lowest BCUT2D eigenvalue weighted by atomic mass is 10.3. The van der Waals surface area contributed by atoms with Gasteiger partial charge >= 0.3 is 6.01 Å². The standard InChI is InChI=1S/C10H10N2O2/c1-7-6-8(9-4-3-5-14-9)12-10(11-7)13-2/h3-6H,1-2H3. The van der Waals surface area contributed by atoms with E-state index < -0.39 is 0 Å². The molecule has 4 heteroatoms. The average Bonchev–Trinajstić information content (AvgIpc) is 2.69. The van der Waals surface area contributed by atoms with Crippen LogP contribution in [0.4, 0.5) is 0 Å². The summed E-state index contributed by atoms with van der Waals surface area (Å²) in [5.41, 5.74) is 1.59. The Balaban J connectivity index is 2.48. The number of aromatic nitrogens is 2. The SMILES string of the molecule is COc1nc(C)cc(-c2ccco2)n1. The van der Waals surface area contributed by atoms with Crippen LogP contribution in [0.3, 0.4) is 0 Å². The summed E-state index contributed by atoms with van der Waals surface area (Å²) in [4.78, 5) is 8.25. The molecule has 0 amide bonds. The van der Waals surface area contributed by atoms with Crippen molar-refractivity contribution < 1.29 is 9.15 Å². The molecule has 2 heterocycles. The van der Waals surface area contributed by atoms with Crippen molar-refractivity contribution in [3.05, 3.63) is 30.2 Å². The summed E-state index contributed by atoms with van der Waals surface area (Å²) in [5, 5.41) is 0. The molecule has 14 heavy (non-hydrogen) atoms. The molecule has 0 saturated carbocycles. The Bertz CT molecular complexity index is 424. The first-order valence-corrected chi connectivity index (χ1v) is 4.23. The molecule has 0 radical (unpaired) electrons. The summed E-state index contributed by atoms with van der Waals surface area (Å²) in [6, 6.07) is 5.87. The first-order chi connectivity index (χ1) is 6.79.